The van der Waals surface area contributed by atoms with Crippen molar-refractivity contribution in [2.75, 3.05) is 5.32 Å². The van der Waals surface area contributed by atoms with E-state index >= 15 is 0 Å². The van der Waals surface area contributed by atoms with Crippen molar-refractivity contribution in [1.82, 2.24) is 19.6 Å². The van der Waals surface area contributed by atoms with E-state index in [0.29, 0.717) is 12.6 Å². The molecule has 0 saturated heterocycles. The van der Waals surface area contributed by atoms with Gasteiger partial charge in [-0.15, -0.1) is 12.4 Å². The molecule has 0 aliphatic rings. The molecule has 0 amide bonds. The van der Waals surface area contributed by atoms with E-state index in [-0.39, 0.29) is 12.4 Å². The second kappa shape index (κ2) is 7.19. The van der Waals surface area contributed by atoms with E-state index in [1.54, 1.807) is 0 Å². The minimum atomic E-state index is 0. The zero-order valence-electron chi connectivity index (χ0n) is 11.7. The summed E-state index contributed by atoms with van der Waals surface area (Å²) in [5, 5.41) is 12.2. The van der Waals surface area contributed by atoms with Gasteiger partial charge in [0.15, 0.2) is 0 Å². The minimum Gasteiger partial charge on any atom is -0.363 e. The Balaban J connectivity index is 0.00000180. The molecule has 0 radical (unpaired) electrons. The number of hydrogen-bond acceptors (Lipinski definition) is 3. The Bertz CT molecular complexity index is 491. The molecule has 106 valence electrons. The third-order valence-corrected chi connectivity index (χ3v) is 3.12. The van der Waals surface area contributed by atoms with Crippen LogP contribution in [0.4, 0.5) is 5.82 Å². The summed E-state index contributed by atoms with van der Waals surface area (Å²) in [6, 6.07) is 4.48. The minimum absolute atomic E-state index is 0. The van der Waals surface area contributed by atoms with Crippen LogP contribution in [0.3, 0.4) is 0 Å². The van der Waals surface area contributed by atoms with Crippen LogP contribution >= 0.6 is 12.4 Å². The van der Waals surface area contributed by atoms with Gasteiger partial charge in [0.05, 0.1) is 12.2 Å². The molecule has 19 heavy (non-hydrogen) atoms. The van der Waals surface area contributed by atoms with Gasteiger partial charge in [-0.2, -0.15) is 10.2 Å². The first-order chi connectivity index (χ1) is 8.72. The summed E-state index contributed by atoms with van der Waals surface area (Å²) in [7, 11) is 0. The molecule has 2 heterocycles. The summed E-state index contributed by atoms with van der Waals surface area (Å²) < 4.78 is 3.92. The average Bonchev–Trinajstić information content (AvgIpc) is 3.04. The summed E-state index contributed by atoms with van der Waals surface area (Å²) in [6.07, 6.45) is 5.10. The average molecular weight is 284 g/mol. The second-order valence-electron chi connectivity index (χ2n) is 4.45. The number of nitrogens with zero attached hydrogens (tertiary/aromatic N) is 4. The summed E-state index contributed by atoms with van der Waals surface area (Å²) in [5.41, 5.74) is 1.04. The SMILES string of the molecule is CCC(C)n1ccc(NCc2ccn(CC)n2)n1.Cl. The Kier molecular flexibility index (Phi) is 5.89. The van der Waals surface area contributed by atoms with Crippen LogP contribution in [0.15, 0.2) is 24.5 Å². The molecular weight excluding hydrogens is 262 g/mol. The lowest BCUT2D eigenvalue weighted by atomic mass is 10.3. The van der Waals surface area contributed by atoms with E-state index in [1.807, 2.05) is 33.9 Å². The van der Waals surface area contributed by atoms with Crippen LogP contribution in [0.5, 0.6) is 0 Å². The number of nitrogens with one attached hydrogen (secondary N) is 1. The highest BCUT2D eigenvalue weighted by Gasteiger charge is 2.04. The van der Waals surface area contributed by atoms with Crippen LogP contribution in [0.2, 0.25) is 0 Å². The van der Waals surface area contributed by atoms with E-state index in [4.69, 9.17) is 0 Å². The van der Waals surface area contributed by atoms with Gasteiger partial charge in [-0.3, -0.25) is 9.36 Å². The molecule has 2 rings (SSSR count). The summed E-state index contributed by atoms with van der Waals surface area (Å²) in [4.78, 5) is 0. The number of anilines is 1. The first-order valence-electron chi connectivity index (χ1n) is 6.54. The van der Waals surface area contributed by atoms with Crippen LogP contribution < -0.4 is 5.32 Å². The molecule has 0 aliphatic heterocycles. The molecule has 6 heteroatoms. The summed E-state index contributed by atoms with van der Waals surface area (Å²) >= 11 is 0. The van der Waals surface area contributed by atoms with Crippen LogP contribution in [-0.2, 0) is 13.1 Å². The highest BCUT2D eigenvalue weighted by Crippen LogP contribution is 2.12. The molecular formula is C13H22ClN5. The van der Waals surface area contributed by atoms with Crippen molar-refractivity contribution >= 4 is 18.2 Å². The normalized spacial score (nSPS) is 11.9. The molecule has 2 aromatic rings. The molecule has 0 aliphatic carbocycles. The molecule has 0 fully saturated rings. The van der Waals surface area contributed by atoms with Crippen LogP contribution in [-0.4, -0.2) is 19.6 Å². The van der Waals surface area contributed by atoms with E-state index in [2.05, 4.69) is 36.3 Å². The molecule has 1 N–H and O–H groups in total. The molecule has 1 unspecified atom stereocenters. The van der Waals surface area contributed by atoms with Crippen molar-refractivity contribution in [1.29, 1.82) is 0 Å². The highest BCUT2D eigenvalue weighted by molar-refractivity contribution is 5.85. The predicted octanol–water partition coefficient (Wildman–Crippen LogP) is 3.10. The molecule has 1 atom stereocenters. The number of rotatable bonds is 6. The molecule has 0 aromatic carbocycles. The Hall–Kier alpha value is -1.49. The standard InChI is InChI=1S/C13H21N5.ClH/c1-4-11(3)18-9-7-13(16-18)14-10-12-6-8-17(5-2)15-12;/h6-9,11H,4-5,10H2,1-3H3,(H,14,16);1H. The maximum absolute atomic E-state index is 4.49. The zero-order chi connectivity index (χ0) is 13.0. The highest BCUT2D eigenvalue weighted by atomic mass is 35.5. The maximum atomic E-state index is 4.49. The third-order valence-electron chi connectivity index (χ3n) is 3.12. The van der Waals surface area contributed by atoms with Crippen molar-refractivity contribution in [2.24, 2.45) is 0 Å². The molecule has 5 nitrogen and oxygen atoms in total. The van der Waals surface area contributed by atoms with Crippen LogP contribution in [0.25, 0.3) is 0 Å². The van der Waals surface area contributed by atoms with E-state index in [9.17, 15) is 0 Å². The zero-order valence-corrected chi connectivity index (χ0v) is 12.5. The van der Waals surface area contributed by atoms with Crippen molar-refractivity contribution < 1.29 is 0 Å². The fourth-order valence-electron chi connectivity index (χ4n) is 1.72. The molecule has 0 saturated carbocycles. The van der Waals surface area contributed by atoms with Gasteiger partial charge < -0.3 is 5.32 Å². The maximum Gasteiger partial charge on any atom is 0.148 e. The lowest BCUT2D eigenvalue weighted by molar-refractivity contribution is 0.479. The van der Waals surface area contributed by atoms with Crippen LogP contribution in [0.1, 0.15) is 38.9 Å². The Morgan fingerprint density at radius 3 is 2.63 bits per heavy atom. The smallest absolute Gasteiger partial charge is 0.148 e. The number of aromatic nitrogens is 4. The number of hydrogen-bond donors (Lipinski definition) is 1. The fourth-order valence-corrected chi connectivity index (χ4v) is 1.72. The van der Waals surface area contributed by atoms with Crippen LogP contribution in [0, 0.1) is 0 Å². The quantitative estimate of drug-likeness (QED) is 0.886. The Morgan fingerprint density at radius 1 is 1.21 bits per heavy atom. The van der Waals surface area contributed by atoms with Crippen molar-refractivity contribution in [3.63, 3.8) is 0 Å². The summed E-state index contributed by atoms with van der Waals surface area (Å²) in [5.74, 6) is 0.904. The van der Waals surface area contributed by atoms with Gasteiger partial charge in [0.2, 0.25) is 0 Å². The lowest BCUT2D eigenvalue weighted by Gasteiger charge is -2.08. The fraction of sp³-hybridized carbons (Fsp3) is 0.538. The number of aryl methyl sites for hydroxylation is 1. The predicted molar refractivity (Wildman–Crippen MR) is 79.7 cm³/mol. The van der Waals surface area contributed by atoms with E-state index in [0.717, 1.165) is 24.5 Å². The molecule has 2 aromatic heterocycles. The van der Waals surface area contributed by atoms with E-state index in [1.165, 1.54) is 0 Å². The third kappa shape index (κ3) is 3.99. The Morgan fingerprint density at radius 2 is 2.00 bits per heavy atom. The van der Waals surface area contributed by atoms with Gasteiger partial charge in [-0.05, 0) is 26.3 Å². The Labute approximate surface area is 120 Å². The topological polar surface area (TPSA) is 47.7 Å². The first kappa shape index (κ1) is 15.6. The van der Waals surface area contributed by atoms with Gasteiger partial charge in [0, 0.05) is 31.0 Å². The van der Waals surface area contributed by atoms with Crippen molar-refractivity contribution in [3.05, 3.63) is 30.2 Å². The van der Waals surface area contributed by atoms with Crippen molar-refractivity contribution in [2.45, 2.75) is 46.3 Å². The number of halogens is 1. The van der Waals surface area contributed by atoms with Gasteiger partial charge in [0.25, 0.3) is 0 Å². The van der Waals surface area contributed by atoms with Crippen molar-refractivity contribution in [3.8, 4) is 0 Å². The monoisotopic (exact) mass is 283 g/mol. The van der Waals surface area contributed by atoms with Gasteiger partial charge >= 0.3 is 0 Å². The second-order valence-corrected chi connectivity index (χ2v) is 4.45. The molecule has 0 spiro atoms. The van der Waals surface area contributed by atoms with E-state index < -0.39 is 0 Å². The van der Waals surface area contributed by atoms with Gasteiger partial charge in [0.1, 0.15) is 5.82 Å². The van der Waals surface area contributed by atoms with Gasteiger partial charge in [-0.25, -0.2) is 0 Å². The largest absolute Gasteiger partial charge is 0.363 e. The first-order valence-corrected chi connectivity index (χ1v) is 6.54. The van der Waals surface area contributed by atoms with Gasteiger partial charge in [-0.1, -0.05) is 6.92 Å². The summed E-state index contributed by atoms with van der Waals surface area (Å²) in [6.45, 7) is 8.03. The molecule has 0 bridgehead atoms. The lowest BCUT2D eigenvalue weighted by Crippen LogP contribution is -2.06.